The van der Waals surface area contributed by atoms with Crippen LogP contribution < -0.4 is 0 Å². The maximum atomic E-state index is 10.4. The third kappa shape index (κ3) is 2.58. The molecule has 0 spiro atoms. The Morgan fingerprint density at radius 2 is 1.81 bits per heavy atom. The summed E-state index contributed by atoms with van der Waals surface area (Å²) >= 11 is 0. The quantitative estimate of drug-likeness (QED) is 0.792. The Labute approximate surface area is 99.7 Å². The predicted octanol–water partition coefficient (Wildman–Crippen LogP) is 3.50. The predicted molar refractivity (Wildman–Crippen MR) is 65.8 cm³/mol. The molecule has 92 valence electrons. The Kier molecular flexibility index (Phi) is 4.80. The summed E-state index contributed by atoms with van der Waals surface area (Å²) in [6.07, 6.45) is 5.44. The first-order valence-electron chi connectivity index (χ1n) is 6.69. The first kappa shape index (κ1) is 13.5. The number of aliphatic hydroxyl groups is 1. The van der Waals surface area contributed by atoms with Gasteiger partial charge in [0.2, 0.25) is 0 Å². The van der Waals surface area contributed by atoms with Crippen molar-refractivity contribution in [2.75, 3.05) is 0 Å². The second-order valence-corrected chi connectivity index (χ2v) is 5.47. The number of aliphatic hydroxyl groups excluding tert-OH is 1. The Morgan fingerprint density at radius 1 is 1.31 bits per heavy atom. The fourth-order valence-corrected chi connectivity index (χ4v) is 2.94. The SMILES string of the molecule is CCC(CC)C(O)C1(C#N)CCC(C)CC1. The number of hydrogen-bond acceptors (Lipinski definition) is 2. The van der Waals surface area contributed by atoms with Gasteiger partial charge >= 0.3 is 0 Å². The molecule has 0 saturated heterocycles. The Hall–Kier alpha value is -0.550. The maximum Gasteiger partial charge on any atom is 0.0835 e. The van der Waals surface area contributed by atoms with Crippen LogP contribution in [-0.4, -0.2) is 11.2 Å². The smallest absolute Gasteiger partial charge is 0.0835 e. The second-order valence-electron chi connectivity index (χ2n) is 5.47. The molecule has 0 heterocycles. The summed E-state index contributed by atoms with van der Waals surface area (Å²) < 4.78 is 0. The molecule has 1 rings (SSSR count). The zero-order chi connectivity index (χ0) is 12.2. The van der Waals surface area contributed by atoms with Crippen molar-refractivity contribution in [3.63, 3.8) is 0 Å². The minimum absolute atomic E-state index is 0.285. The van der Waals surface area contributed by atoms with Crippen molar-refractivity contribution >= 4 is 0 Å². The molecule has 16 heavy (non-hydrogen) atoms. The van der Waals surface area contributed by atoms with Crippen molar-refractivity contribution in [3.8, 4) is 6.07 Å². The van der Waals surface area contributed by atoms with Gasteiger partial charge in [-0.15, -0.1) is 0 Å². The van der Waals surface area contributed by atoms with Gasteiger partial charge in [0.05, 0.1) is 17.6 Å². The van der Waals surface area contributed by atoms with Crippen LogP contribution in [0.1, 0.15) is 59.3 Å². The number of nitriles is 1. The van der Waals surface area contributed by atoms with E-state index in [0.717, 1.165) is 44.4 Å². The van der Waals surface area contributed by atoms with Crippen LogP contribution in [0.15, 0.2) is 0 Å². The van der Waals surface area contributed by atoms with Crippen molar-refractivity contribution in [2.45, 2.75) is 65.4 Å². The molecule has 0 aromatic heterocycles. The molecule has 1 atom stereocenters. The standard InChI is InChI=1S/C14H25NO/c1-4-12(5-2)13(16)14(10-15)8-6-11(3)7-9-14/h11-13,16H,4-9H2,1-3H3. The molecular formula is C14H25NO. The zero-order valence-corrected chi connectivity index (χ0v) is 10.9. The average molecular weight is 223 g/mol. The lowest BCUT2D eigenvalue weighted by Crippen LogP contribution is -2.41. The minimum Gasteiger partial charge on any atom is -0.391 e. The summed E-state index contributed by atoms with van der Waals surface area (Å²) in [4.78, 5) is 0. The van der Waals surface area contributed by atoms with Gasteiger partial charge in [-0.1, -0.05) is 33.6 Å². The van der Waals surface area contributed by atoms with Gasteiger partial charge in [0.1, 0.15) is 0 Å². The summed E-state index contributed by atoms with van der Waals surface area (Å²) in [7, 11) is 0. The fourth-order valence-electron chi connectivity index (χ4n) is 2.94. The summed E-state index contributed by atoms with van der Waals surface area (Å²) in [5, 5.41) is 19.9. The van der Waals surface area contributed by atoms with Crippen LogP contribution in [0.2, 0.25) is 0 Å². The molecule has 1 unspecified atom stereocenters. The topological polar surface area (TPSA) is 44.0 Å². The minimum atomic E-state index is -0.455. The van der Waals surface area contributed by atoms with Crippen LogP contribution in [0, 0.1) is 28.6 Å². The van der Waals surface area contributed by atoms with E-state index in [2.05, 4.69) is 26.8 Å². The van der Waals surface area contributed by atoms with Gasteiger partial charge in [0.25, 0.3) is 0 Å². The first-order valence-corrected chi connectivity index (χ1v) is 6.69. The molecule has 1 fully saturated rings. The molecule has 1 aliphatic rings. The van der Waals surface area contributed by atoms with E-state index in [9.17, 15) is 10.4 Å². The molecule has 0 aromatic carbocycles. The van der Waals surface area contributed by atoms with Gasteiger partial charge in [-0.2, -0.15) is 5.26 Å². The van der Waals surface area contributed by atoms with E-state index < -0.39 is 11.5 Å². The lowest BCUT2D eigenvalue weighted by molar-refractivity contribution is -0.0165. The van der Waals surface area contributed by atoms with Crippen LogP contribution >= 0.6 is 0 Å². The molecule has 0 radical (unpaired) electrons. The van der Waals surface area contributed by atoms with Crippen LogP contribution in [0.3, 0.4) is 0 Å². The number of nitrogens with zero attached hydrogens (tertiary/aromatic N) is 1. The highest BCUT2D eigenvalue weighted by atomic mass is 16.3. The molecule has 0 amide bonds. The molecule has 1 N–H and O–H groups in total. The Bertz CT molecular complexity index is 244. The highest BCUT2D eigenvalue weighted by Gasteiger charge is 2.43. The Balaban J connectivity index is 2.76. The van der Waals surface area contributed by atoms with Gasteiger partial charge in [0.15, 0.2) is 0 Å². The van der Waals surface area contributed by atoms with E-state index in [1.165, 1.54) is 0 Å². The molecule has 0 aromatic rings. The van der Waals surface area contributed by atoms with E-state index in [4.69, 9.17) is 0 Å². The van der Waals surface area contributed by atoms with Crippen molar-refractivity contribution in [1.82, 2.24) is 0 Å². The highest BCUT2D eigenvalue weighted by Crippen LogP contribution is 2.44. The van der Waals surface area contributed by atoms with Crippen LogP contribution in [0.5, 0.6) is 0 Å². The lowest BCUT2D eigenvalue weighted by Gasteiger charge is -2.40. The lowest BCUT2D eigenvalue weighted by atomic mass is 9.65. The first-order chi connectivity index (χ1) is 7.59. The van der Waals surface area contributed by atoms with E-state index in [1.54, 1.807) is 0 Å². The molecule has 0 bridgehead atoms. The Morgan fingerprint density at radius 3 is 2.19 bits per heavy atom. The molecule has 1 saturated carbocycles. The number of rotatable bonds is 4. The van der Waals surface area contributed by atoms with Crippen molar-refractivity contribution in [3.05, 3.63) is 0 Å². The maximum absolute atomic E-state index is 10.4. The van der Waals surface area contributed by atoms with Crippen molar-refractivity contribution < 1.29 is 5.11 Å². The van der Waals surface area contributed by atoms with Crippen LogP contribution in [0.25, 0.3) is 0 Å². The molecular weight excluding hydrogens is 198 g/mol. The van der Waals surface area contributed by atoms with Gasteiger partial charge < -0.3 is 5.11 Å². The summed E-state index contributed by atoms with van der Waals surface area (Å²) in [5.41, 5.74) is -0.455. The summed E-state index contributed by atoms with van der Waals surface area (Å²) in [6, 6.07) is 2.44. The third-order valence-electron chi connectivity index (χ3n) is 4.45. The molecule has 0 aliphatic heterocycles. The van der Waals surface area contributed by atoms with Gasteiger partial charge in [0, 0.05) is 0 Å². The van der Waals surface area contributed by atoms with E-state index >= 15 is 0 Å². The summed E-state index contributed by atoms with van der Waals surface area (Å²) in [6.45, 7) is 6.45. The van der Waals surface area contributed by atoms with E-state index in [1.807, 2.05) is 0 Å². The van der Waals surface area contributed by atoms with Crippen molar-refractivity contribution in [2.24, 2.45) is 17.3 Å². The zero-order valence-electron chi connectivity index (χ0n) is 10.9. The van der Waals surface area contributed by atoms with Crippen LogP contribution in [-0.2, 0) is 0 Å². The molecule has 2 nitrogen and oxygen atoms in total. The normalized spacial score (nSPS) is 32.4. The highest BCUT2D eigenvalue weighted by molar-refractivity contribution is 5.06. The monoisotopic (exact) mass is 223 g/mol. The van der Waals surface area contributed by atoms with Gasteiger partial charge in [-0.25, -0.2) is 0 Å². The van der Waals surface area contributed by atoms with Gasteiger partial charge in [-0.05, 0) is 37.5 Å². The second kappa shape index (κ2) is 5.68. The fraction of sp³-hybridized carbons (Fsp3) is 0.929. The average Bonchev–Trinajstić information content (AvgIpc) is 2.32. The number of hydrogen-bond donors (Lipinski definition) is 1. The van der Waals surface area contributed by atoms with Crippen LogP contribution in [0.4, 0.5) is 0 Å². The largest absolute Gasteiger partial charge is 0.391 e. The van der Waals surface area contributed by atoms with Crippen molar-refractivity contribution in [1.29, 1.82) is 5.26 Å². The summed E-state index contributed by atoms with van der Waals surface area (Å²) in [5.74, 6) is 1.00. The van der Waals surface area contributed by atoms with E-state index in [-0.39, 0.29) is 5.92 Å². The van der Waals surface area contributed by atoms with E-state index in [0.29, 0.717) is 0 Å². The molecule has 2 heteroatoms. The molecule has 1 aliphatic carbocycles. The third-order valence-corrected chi connectivity index (χ3v) is 4.45. The van der Waals surface area contributed by atoms with Gasteiger partial charge in [-0.3, -0.25) is 0 Å².